The van der Waals surface area contributed by atoms with Gasteiger partial charge in [0.2, 0.25) is 5.91 Å². The number of halogens is 1. The molecule has 0 aliphatic rings. The van der Waals surface area contributed by atoms with Gasteiger partial charge in [-0.2, -0.15) is 0 Å². The first-order valence-corrected chi connectivity index (χ1v) is 11.6. The van der Waals surface area contributed by atoms with Crippen LogP contribution in [0.2, 0.25) is 0 Å². The van der Waals surface area contributed by atoms with E-state index >= 15 is 0 Å². The highest BCUT2D eigenvalue weighted by Gasteiger charge is 2.27. The van der Waals surface area contributed by atoms with E-state index in [9.17, 15) is 17.6 Å². The van der Waals surface area contributed by atoms with Crippen molar-refractivity contribution in [3.05, 3.63) is 90.2 Å². The zero-order valence-electron chi connectivity index (χ0n) is 17.9. The first kappa shape index (κ1) is 23.3. The van der Waals surface area contributed by atoms with Gasteiger partial charge in [-0.05, 0) is 67.9 Å². The second-order valence-corrected chi connectivity index (χ2v) is 8.95. The lowest BCUT2D eigenvalue weighted by Gasteiger charge is -2.25. The quantitative estimate of drug-likeness (QED) is 0.521. The third-order valence-corrected chi connectivity index (χ3v) is 6.59. The van der Waals surface area contributed by atoms with E-state index < -0.39 is 28.5 Å². The average Bonchev–Trinajstić information content (AvgIpc) is 2.79. The van der Waals surface area contributed by atoms with E-state index in [-0.39, 0.29) is 10.7 Å². The minimum absolute atomic E-state index is 0.0455. The highest BCUT2D eigenvalue weighted by atomic mass is 32.2. The number of carbonyl (C=O) groups is 1. The van der Waals surface area contributed by atoms with Crippen molar-refractivity contribution in [2.45, 2.75) is 24.8 Å². The summed E-state index contributed by atoms with van der Waals surface area (Å²) < 4.78 is 46.4. The third kappa shape index (κ3) is 5.64. The molecule has 0 radical (unpaired) electrons. The summed E-state index contributed by atoms with van der Waals surface area (Å²) in [4.78, 5) is 12.8. The minimum atomic E-state index is -4.02. The van der Waals surface area contributed by atoms with Crippen molar-refractivity contribution in [2.24, 2.45) is 0 Å². The van der Waals surface area contributed by atoms with Gasteiger partial charge < -0.3 is 10.1 Å². The van der Waals surface area contributed by atoms with Crippen molar-refractivity contribution in [3.63, 3.8) is 0 Å². The summed E-state index contributed by atoms with van der Waals surface area (Å²) >= 11 is 0. The molecule has 0 bridgehead atoms. The number of hydrogen-bond donors (Lipinski definition) is 1. The van der Waals surface area contributed by atoms with E-state index in [1.54, 1.807) is 61.5 Å². The summed E-state index contributed by atoms with van der Waals surface area (Å²) in [7, 11) is -4.02. The van der Waals surface area contributed by atoms with Gasteiger partial charge in [-0.3, -0.25) is 9.10 Å². The van der Waals surface area contributed by atoms with Gasteiger partial charge in [-0.15, -0.1) is 0 Å². The first-order chi connectivity index (χ1) is 15.3. The predicted octanol–water partition coefficient (Wildman–Crippen LogP) is 4.30. The number of carbonyl (C=O) groups excluding carboxylic acids is 1. The Morgan fingerprint density at radius 1 is 1.00 bits per heavy atom. The van der Waals surface area contributed by atoms with Gasteiger partial charge in [0.1, 0.15) is 18.1 Å². The zero-order chi connectivity index (χ0) is 23.1. The Bertz CT molecular complexity index is 1130. The lowest BCUT2D eigenvalue weighted by molar-refractivity contribution is -0.120. The molecule has 3 rings (SSSR count). The lowest BCUT2D eigenvalue weighted by atomic mass is 10.1. The molecule has 0 saturated heterocycles. The molecule has 3 aromatic carbocycles. The minimum Gasteiger partial charge on any atom is -0.494 e. The number of amides is 1. The molecule has 0 fully saturated rings. The van der Waals surface area contributed by atoms with Crippen LogP contribution in [-0.2, 0) is 14.8 Å². The van der Waals surface area contributed by atoms with E-state index in [2.05, 4.69) is 5.32 Å². The number of nitrogens with one attached hydrogen (secondary N) is 1. The van der Waals surface area contributed by atoms with Crippen LogP contribution in [0.25, 0.3) is 0 Å². The van der Waals surface area contributed by atoms with Gasteiger partial charge in [-0.25, -0.2) is 12.8 Å². The Hall–Kier alpha value is -3.39. The van der Waals surface area contributed by atoms with Crippen LogP contribution < -0.4 is 14.4 Å². The number of rotatable bonds is 9. The van der Waals surface area contributed by atoms with E-state index in [0.29, 0.717) is 23.6 Å². The molecule has 0 heterocycles. The molecule has 0 aliphatic heterocycles. The molecular formula is C24H25FN2O4S. The molecular weight excluding hydrogens is 431 g/mol. The number of benzene rings is 3. The summed E-state index contributed by atoms with van der Waals surface area (Å²) in [5, 5.41) is 2.78. The Kier molecular flexibility index (Phi) is 7.48. The van der Waals surface area contributed by atoms with Crippen LogP contribution in [0.1, 0.15) is 25.5 Å². The molecule has 168 valence electrons. The average molecular weight is 457 g/mol. The van der Waals surface area contributed by atoms with Crippen LogP contribution in [0.4, 0.5) is 10.1 Å². The van der Waals surface area contributed by atoms with Gasteiger partial charge >= 0.3 is 0 Å². The van der Waals surface area contributed by atoms with Crippen molar-refractivity contribution in [2.75, 3.05) is 17.5 Å². The summed E-state index contributed by atoms with van der Waals surface area (Å²) in [6, 6.07) is 19.8. The molecule has 0 saturated carbocycles. The Morgan fingerprint density at radius 2 is 1.62 bits per heavy atom. The van der Waals surface area contributed by atoms with Crippen LogP contribution in [0.5, 0.6) is 5.75 Å². The van der Waals surface area contributed by atoms with Crippen LogP contribution in [0.3, 0.4) is 0 Å². The van der Waals surface area contributed by atoms with Crippen molar-refractivity contribution in [1.82, 2.24) is 5.32 Å². The second kappa shape index (κ2) is 10.3. The molecule has 6 nitrogen and oxygen atoms in total. The molecule has 3 aromatic rings. The van der Waals surface area contributed by atoms with Gasteiger partial charge in [0.25, 0.3) is 10.0 Å². The standard InChI is InChI=1S/C24H25FN2O4S/c1-3-31-22-13-15-23(16-14-22)32(29,30)27(21-7-5-4-6-8-21)17-24(28)26-18(2)19-9-11-20(25)12-10-19/h4-16,18H,3,17H2,1-2H3,(H,26,28)/t18-/m0/s1. The van der Waals surface area contributed by atoms with E-state index in [4.69, 9.17) is 4.74 Å². The van der Waals surface area contributed by atoms with E-state index in [0.717, 1.165) is 4.31 Å². The number of para-hydroxylation sites is 1. The molecule has 0 spiro atoms. The number of nitrogens with zero attached hydrogens (tertiary/aromatic N) is 1. The topological polar surface area (TPSA) is 75.7 Å². The third-order valence-electron chi connectivity index (χ3n) is 4.80. The fourth-order valence-electron chi connectivity index (χ4n) is 3.16. The maximum atomic E-state index is 13.4. The van der Waals surface area contributed by atoms with Gasteiger partial charge in [0.05, 0.1) is 23.2 Å². The van der Waals surface area contributed by atoms with Crippen LogP contribution in [-0.4, -0.2) is 27.5 Å². The van der Waals surface area contributed by atoms with Crippen molar-refractivity contribution >= 4 is 21.6 Å². The predicted molar refractivity (Wildman–Crippen MR) is 122 cm³/mol. The molecule has 8 heteroatoms. The largest absolute Gasteiger partial charge is 0.494 e. The molecule has 0 aromatic heterocycles. The second-order valence-electron chi connectivity index (χ2n) is 7.09. The number of hydrogen-bond acceptors (Lipinski definition) is 4. The van der Waals surface area contributed by atoms with Crippen molar-refractivity contribution in [3.8, 4) is 5.75 Å². The summed E-state index contributed by atoms with van der Waals surface area (Å²) in [5.41, 5.74) is 1.08. The normalized spacial score (nSPS) is 12.1. The monoisotopic (exact) mass is 456 g/mol. The van der Waals surface area contributed by atoms with Crippen molar-refractivity contribution in [1.29, 1.82) is 0 Å². The smallest absolute Gasteiger partial charge is 0.264 e. The summed E-state index contributed by atoms with van der Waals surface area (Å²) in [5.74, 6) is -0.298. The van der Waals surface area contributed by atoms with Gasteiger partial charge in [-0.1, -0.05) is 30.3 Å². The van der Waals surface area contributed by atoms with Crippen LogP contribution >= 0.6 is 0 Å². The highest BCUT2D eigenvalue weighted by molar-refractivity contribution is 7.92. The van der Waals surface area contributed by atoms with Crippen LogP contribution in [0.15, 0.2) is 83.8 Å². The van der Waals surface area contributed by atoms with Gasteiger partial charge in [0.15, 0.2) is 0 Å². The summed E-state index contributed by atoms with van der Waals surface area (Å²) in [6.45, 7) is 3.64. The maximum Gasteiger partial charge on any atom is 0.264 e. The molecule has 32 heavy (non-hydrogen) atoms. The first-order valence-electron chi connectivity index (χ1n) is 10.2. The molecule has 1 amide bonds. The maximum absolute atomic E-state index is 13.4. The molecule has 0 unspecified atom stereocenters. The Labute approximate surface area is 187 Å². The van der Waals surface area contributed by atoms with E-state index in [1.807, 2.05) is 6.92 Å². The number of sulfonamides is 1. The number of ether oxygens (including phenoxy) is 1. The Morgan fingerprint density at radius 3 is 2.22 bits per heavy atom. The molecule has 1 atom stereocenters. The van der Waals surface area contributed by atoms with Gasteiger partial charge in [0, 0.05) is 0 Å². The summed E-state index contributed by atoms with van der Waals surface area (Å²) in [6.07, 6.45) is 0. The molecule has 1 N–H and O–H groups in total. The lowest BCUT2D eigenvalue weighted by Crippen LogP contribution is -2.41. The van der Waals surface area contributed by atoms with E-state index in [1.165, 1.54) is 24.3 Å². The fourth-order valence-corrected chi connectivity index (χ4v) is 4.58. The molecule has 0 aliphatic carbocycles. The fraction of sp³-hybridized carbons (Fsp3) is 0.208. The highest BCUT2D eigenvalue weighted by Crippen LogP contribution is 2.25. The zero-order valence-corrected chi connectivity index (χ0v) is 18.7. The van der Waals surface area contributed by atoms with Crippen molar-refractivity contribution < 1.29 is 22.3 Å². The van der Waals surface area contributed by atoms with Crippen LogP contribution in [0, 0.1) is 5.82 Å². The Balaban J connectivity index is 1.84. The SMILES string of the molecule is CCOc1ccc(S(=O)(=O)N(CC(=O)N[C@@H](C)c2ccc(F)cc2)c2ccccc2)cc1. The number of anilines is 1.